The zero-order valence-electron chi connectivity index (χ0n) is 22.0. The van der Waals surface area contributed by atoms with Gasteiger partial charge >= 0.3 is 6.85 Å². The summed E-state index contributed by atoms with van der Waals surface area (Å²) in [6.45, 7) is 6.46. The van der Waals surface area contributed by atoms with E-state index < -0.39 is 0 Å². The van der Waals surface area contributed by atoms with Gasteiger partial charge in [-0.15, -0.1) is 0 Å². The van der Waals surface area contributed by atoms with Crippen LogP contribution in [0.25, 0.3) is 39.0 Å². The molecule has 2 heterocycles. The van der Waals surface area contributed by atoms with Crippen LogP contribution in [0.1, 0.15) is 12.5 Å². The van der Waals surface area contributed by atoms with Crippen molar-refractivity contribution in [1.82, 2.24) is 0 Å². The Bertz CT molecular complexity index is 1780. The highest BCUT2D eigenvalue weighted by Crippen LogP contribution is 2.45. The van der Waals surface area contributed by atoms with Crippen LogP contribution in [-0.4, -0.2) is 6.85 Å². The molecule has 5 aromatic carbocycles. The topological polar surface area (TPSA) is 3.24 Å². The Morgan fingerprint density at radius 1 is 0.590 bits per heavy atom. The third-order valence-corrected chi connectivity index (χ3v) is 7.97. The van der Waals surface area contributed by atoms with Crippen molar-refractivity contribution in [1.29, 1.82) is 0 Å². The fraction of sp³-hybridized carbons (Fsp3) is 0.0270. The van der Waals surface area contributed by atoms with Gasteiger partial charge in [0.15, 0.2) is 0 Å². The zero-order valence-corrected chi connectivity index (χ0v) is 22.0. The molecule has 0 saturated heterocycles. The molecule has 1 nitrogen and oxygen atoms in total. The minimum atomic E-state index is 0.0271. The molecule has 0 fully saturated rings. The molecule has 0 amide bonds. The predicted octanol–water partition coefficient (Wildman–Crippen LogP) is 8.10. The van der Waals surface area contributed by atoms with Crippen molar-refractivity contribution in [3.05, 3.63) is 157 Å². The summed E-state index contributed by atoms with van der Waals surface area (Å²) in [5.74, 6) is 0. The third-order valence-electron chi connectivity index (χ3n) is 7.97. The van der Waals surface area contributed by atoms with Crippen LogP contribution >= 0.6 is 0 Å². The second-order valence-corrected chi connectivity index (χ2v) is 10.1. The number of allylic oxidation sites excluding steroid dienone is 4. The molecule has 0 saturated carbocycles. The highest BCUT2D eigenvalue weighted by Gasteiger charge is 2.43. The maximum atomic E-state index is 4.34. The molecule has 0 radical (unpaired) electrons. The van der Waals surface area contributed by atoms with Crippen LogP contribution in [0.3, 0.4) is 0 Å². The summed E-state index contributed by atoms with van der Waals surface area (Å²) in [7, 11) is 0. The molecule has 2 aliphatic rings. The van der Waals surface area contributed by atoms with E-state index in [-0.39, 0.29) is 6.85 Å². The largest absolute Gasteiger partial charge is 0.376 e. The monoisotopic (exact) mass is 497 g/mol. The maximum Gasteiger partial charge on any atom is 0.329 e. The predicted molar refractivity (Wildman–Crippen MR) is 169 cm³/mol. The summed E-state index contributed by atoms with van der Waals surface area (Å²) in [5.41, 5.74) is 15.0. The first-order valence-electron chi connectivity index (χ1n) is 13.6. The van der Waals surface area contributed by atoms with E-state index in [0.717, 1.165) is 5.70 Å². The Balaban J connectivity index is 1.61. The van der Waals surface area contributed by atoms with Crippen LogP contribution < -0.4 is 15.7 Å². The molecule has 2 heteroatoms. The van der Waals surface area contributed by atoms with Crippen LogP contribution in [-0.2, 0) is 0 Å². The lowest BCUT2D eigenvalue weighted by atomic mass is 9.42. The van der Waals surface area contributed by atoms with Gasteiger partial charge in [0, 0.05) is 22.5 Å². The molecule has 7 rings (SSSR count). The highest BCUT2D eigenvalue weighted by molar-refractivity contribution is 6.91. The molecular formula is C37H28BN. The van der Waals surface area contributed by atoms with Crippen LogP contribution in [0.15, 0.2) is 152 Å². The van der Waals surface area contributed by atoms with Gasteiger partial charge in [-0.25, -0.2) is 0 Å². The Kier molecular flexibility index (Phi) is 5.67. The van der Waals surface area contributed by atoms with Gasteiger partial charge in [-0.1, -0.05) is 134 Å². The van der Waals surface area contributed by atoms with Crippen molar-refractivity contribution < 1.29 is 0 Å². The lowest BCUT2D eigenvalue weighted by molar-refractivity contribution is 1.28. The number of rotatable bonds is 4. The first kappa shape index (κ1) is 23.3. The molecular weight excluding hydrogens is 469 g/mol. The van der Waals surface area contributed by atoms with Gasteiger partial charge in [0.05, 0.1) is 0 Å². The SMILES string of the molecule is C=CC1=C(/C=C\C)c2c(cccc2-c2ccccc2)B2c3cccc(-c4ccccc4)c3-c3ccccc3N21. The van der Waals surface area contributed by atoms with Gasteiger partial charge in [-0.3, -0.25) is 0 Å². The van der Waals surface area contributed by atoms with Gasteiger partial charge in [-0.05, 0) is 63.4 Å². The molecule has 184 valence electrons. The van der Waals surface area contributed by atoms with E-state index in [1.807, 2.05) is 6.08 Å². The Hall–Kier alpha value is -4.82. The van der Waals surface area contributed by atoms with Crippen molar-refractivity contribution in [3.63, 3.8) is 0 Å². The molecule has 5 aromatic rings. The van der Waals surface area contributed by atoms with E-state index in [2.05, 4.69) is 152 Å². The highest BCUT2D eigenvalue weighted by atomic mass is 15.1. The molecule has 0 unspecified atom stereocenters. The molecule has 0 N–H and O–H groups in total. The number of hydrogen-bond donors (Lipinski definition) is 0. The summed E-state index contributed by atoms with van der Waals surface area (Å²) < 4.78 is 0. The van der Waals surface area contributed by atoms with Crippen molar-refractivity contribution in [3.8, 4) is 33.4 Å². The Morgan fingerprint density at radius 2 is 1.13 bits per heavy atom. The maximum absolute atomic E-state index is 4.34. The smallest absolute Gasteiger partial charge is 0.329 e. The number of anilines is 1. The molecule has 0 spiro atoms. The first-order chi connectivity index (χ1) is 19.3. The van der Waals surface area contributed by atoms with Crippen molar-refractivity contribution in [2.75, 3.05) is 4.81 Å². The van der Waals surface area contributed by atoms with Crippen LogP contribution in [0, 0.1) is 0 Å². The Labute approximate surface area is 231 Å². The lowest BCUT2D eigenvalue weighted by Crippen LogP contribution is -2.61. The second-order valence-electron chi connectivity index (χ2n) is 10.1. The minimum Gasteiger partial charge on any atom is -0.376 e. The summed E-state index contributed by atoms with van der Waals surface area (Å²) in [6, 6.07) is 43.9. The van der Waals surface area contributed by atoms with Crippen LogP contribution in [0.2, 0.25) is 0 Å². The summed E-state index contributed by atoms with van der Waals surface area (Å²) in [5, 5.41) is 0. The van der Waals surface area contributed by atoms with E-state index in [4.69, 9.17) is 0 Å². The fourth-order valence-corrected chi connectivity index (χ4v) is 6.46. The summed E-state index contributed by atoms with van der Waals surface area (Å²) in [6.07, 6.45) is 6.43. The number of hydrogen-bond acceptors (Lipinski definition) is 1. The average Bonchev–Trinajstić information content (AvgIpc) is 3.01. The molecule has 2 aliphatic heterocycles. The van der Waals surface area contributed by atoms with Gasteiger partial charge in [0.25, 0.3) is 0 Å². The number of fused-ring (bicyclic) bond motifs is 8. The molecule has 0 aliphatic carbocycles. The quantitative estimate of drug-likeness (QED) is 0.227. The molecule has 0 atom stereocenters. The fourth-order valence-electron chi connectivity index (χ4n) is 6.46. The summed E-state index contributed by atoms with van der Waals surface area (Å²) in [4.78, 5) is 2.51. The van der Waals surface area contributed by atoms with E-state index in [0.29, 0.717) is 0 Å². The molecule has 39 heavy (non-hydrogen) atoms. The second kappa shape index (κ2) is 9.49. The van der Waals surface area contributed by atoms with E-state index in [9.17, 15) is 0 Å². The van der Waals surface area contributed by atoms with Gasteiger partial charge in [0.1, 0.15) is 0 Å². The average molecular weight is 497 g/mol. The minimum absolute atomic E-state index is 0.0271. The van der Waals surface area contributed by atoms with Gasteiger partial charge in [0.2, 0.25) is 0 Å². The molecule has 0 bridgehead atoms. The van der Waals surface area contributed by atoms with Crippen molar-refractivity contribution in [2.24, 2.45) is 0 Å². The van der Waals surface area contributed by atoms with Gasteiger partial charge in [-0.2, -0.15) is 0 Å². The number of para-hydroxylation sites is 1. The van der Waals surface area contributed by atoms with E-state index in [1.165, 1.54) is 61.1 Å². The number of benzene rings is 5. The molecule has 0 aromatic heterocycles. The van der Waals surface area contributed by atoms with E-state index in [1.54, 1.807) is 0 Å². The van der Waals surface area contributed by atoms with Crippen molar-refractivity contribution in [2.45, 2.75) is 6.92 Å². The summed E-state index contributed by atoms with van der Waals surface area (Å²) >= 11 is 0. The van der Waals surface area contributed by atoms with Crippen LogP contribution in [0.5, 0.6) is 0 Å². The normalized spacial score (nSPS) is 13.6. The standard InChI is InChI=1S/C37H28BN/c1-3-15-30-34(4-2)39-35-25-12-11-20-31(35)37-29(27-18-9-6-10-19-27)22-14-24-33(37)38(39)32-23-13-21-28(36(30)32)26-16-7-5-8-17-26/h3-25H,2H2,1H3/b15-3-. The zero-order chi connectivity index (χ0) is 26.3. The lowest BCUT2D eigenvalue weighted by Gasteiger charge is -2.44. The van der Waals surface area contributed by atoms with Crippen LogP contribution in [0.4, 0.5) is 5.69 Å². The number of nitrogens with zero attached hydrogens (tertiary/aromatic N) is 1. The first-order valence-corrected chi connectivity index (χ1v) is 13.6. The third kappa shape index (κ3) is 3.56. The van der Waals surface area contributed by atoms with E-state index >= 15 is 0 Å². The Morgan fingerprint density at radius 3 is 1.74 bits per heavy atom. The van der Waals surface area contributed by atoms with Crippen molar-refractivity contribution >= 4 is 29.0 Å². The van der Waals surface area contributed by atoms with Gasteiger partial charge < -0.3 is 4.81 Å².